The van der Waals surface area contributed by atoms with Crippen LogP contribution in [-0.2, 0) is 22.7 Å². The lowest BCUT2D eigenvalue weighted by molar-refractivity contribution is -0.139. The number of nitrogens with zero attached hydrogens (tertiary/aromatic N) is 3. The molecule has 0 aliphatic carbocycles. The minimum absolute atomic E-state index is 0.243. The molecule has 0 radical (unpaired) electrons. The van der Waals surface area contributed by atoms with Gasteiger partial charge in [0.1, 0.15) is 18.1 Å². The third-order valence-corrected chi connectivity index (χ3v) is 5.46. The smallest absolute Gasteiger partial charge is 0.338 e. The molecule has 3 aromatic rings. The van der Waals surface area contributed by atoms with Crippen molar-refractivity contribution in [1.82, 2.24) is 25.6 Å². The minimum Gasteiger partial charge on any atom is -0.487 e. The lowest BCUT2D eigenvalue weighted by Gasteiger charge is -2.28. The summed E-state index contributed by atoms with van der Waals surface area (Å²) in [5.74, 6) is 0.147. The Balaban J connectivity index is 1.39. The molecule has 1 aliphatic heterocycles. The Morgan fingerprint density at radius 3 is 2.59 bits per heavy atom. The summed E-state index contributed by atoms with van der Waals surface area (Å²) in [6.07, 6.45) is 1.83. The second-order valence-electron chi connectivity index (χ2n) is 7.68. The Hall–Kier alpha value is -3.85. The van der Waals surface area contributed by atoms with Crippen molar-refractivity contribution < 1.29 is 19.1 Å². The number of aromatic nitrogens is 3. The van der Waals surface area contributed by atoms with Crippen LogP contribution in [0.25, 0.3) is 0 Å². The Morgan fingerprint density at radius 2 is 1.88 bits per heavy atom. The van der Waals surface area contributed by atoms with Gasteiger partial charge in [-0.2, -0.15) is 0 Å². The van der Waals surface area contributed by atoms with Crippen molar-refractivity contribution in [3.63, 3.8) is 0 Å². The topological polar surface area (TPSA) is 107 Å². The fourth-order valence-electron chi connectivity index (χ4n) is 3.60. The van der Waals surface area contributed by atoms with E-state index < -0.39 is 12.0 Å². The summed E-state index contributed by atoms with van der Waals surface area (Å²) in [6.45, 7) is 4.48. The molecule has 1 unspecified atom stereocenters. The van der Waals surface area contributed by atoms with Crippen molar-refractivity contribution in [2.24, 2.45) is 0 Å². The normalized spacial score (nSPS) is 15.5. The van der Waals surface area contributed by atoms with Gasteiger partial charge in [0.2, 0.25) is 0 Å². The van der Waals surface area contributed by atoms with Gasteiger partial charge in [0.05, 0.1) is 31.0 Å². The number of nitrogens with one attached hydrogen (secondary N) is 2. The number of halogens is 1. The van der Waals surface area contributed by atoms with Gasteiger partial charge in [-0.05, 0) is 49.2 Å². The van der Waals surface area contributed by atoms with Gasteiger partial charge in [-0.15, -0.1) is 5.10 Å². The van der Waals surface area contributed by atoms with Crippen LogP contribution in [0.3, 0.4) is 0 Å². The van der Waals surface area contributed by atoms with Crippen LogP contribution in [0.1, 0.15) is 36.7 Å². The molecule has 176 valence electrons. The highest BCUT2D eigenvalue weighted by molar-refractivity contribution is 6.30. The van der Waals surface area contributed by atoms with Crippen molar-refractivity contribution >= 4 is 23.6 Å². The van der Waals surface area contributed by atoms with Crippen LogP contribution in [-0.4, -0.2) is 33.6 Å². The first-order valence-electron chi connectivity index (χ1n) is 10.7. The molecular formula is C24H24ClN5O4. The highest BCUT2D eigenvalue weighted by Gasteiger charge is 2.32. The standard InChI is InChI=1S/C24H24ClN5O4/c1-3-33-23(31)21-15(2)26-24(32)27-22(21)17-6-10-20(11-7-17)34-14-19-13-30(29-28-19)12-16-4-8-18(25)9-5-16/h4-11,13,22H,3,12,14H2,1-2H3,(H2,26,27,32). The summed E-state index contributed by atoms with van der Waals surface area (Å²) in [6, 6.07) is 13.7. The predicted molar refractivity (Wildman–Crippen MR) is 125 cm³/mol. The molecule has 2 N–H and O–H groups in total. The number of allylic oxidation sites excluding steroid dienone is 1. The van der Waals surface area contributed by atoms with Gasteiger partial charge < -0.3 is 20.1 Å². The first-order valence-corrected chi connectivity index (χ1v) is 11.1. The van der Waals surface area contributed by atoms with E-state index in [4.69, 9.17) is 21.1 Å². The van der Waals surface area contributed by atoms with Crippen LogP contribution >= 0.6 is 11.6 Å². The molecule has 2 aromatic carbocycles. The summed E-state index contributed by atoms with van der Waals surface area (Å²) in [7, 11) is 0. The van der Waals surface area contributed by atoms with Gasteiger partial charge in [0, 0.05) is 10.7 Å². The summed E-state index contributed by atoms with van der Waals surface area (Å²) in [5, 5.41) is 14.4. The van der Waals surface area contributed by atoms with E-state index in [0.29, 0.717) is 34.3 Å². The molecule has 10 heteroatoms. The van der Waals surface area contributed by atoms with E-state index in [1.54, 1.807) is 42.8 Å². The number of carbonyl (C=O) groups excluding carboxylic acids is 2. The number of hydrogen-bond acceptors (Lipinski definition) is 6. The van der Waals surface area contributed by atoms with Crippen LogP contribution in [0.5, 0.6) is 5.75 Å². The number of rotatable bonds is 8. The number of benzene rings is 2. The highest BCUT2D eigenvalue weighted by atomic mass is 35.5. The summed E-state index contributed by atoms with van der Waals surface area (Å²) >= 11 is 5.92. The molecule has 1 aliphatic rings. The van der Waals surface area contributed by atoms with Crippen LogP contribution in [0.2, 0.25) is 5.02 Å². The van der Waals surface area contributed by atoms with Crippen LogP contribution in [0.15, 0.2) is 66.0 Å². The molecular weight excluding hydrogens is 458 g/mol. The molecule has 0 spiro atoms. The molecule has 9 nitrogen and oxygen atoms in total. The summed E-state index contributed by atoms with van der Waals surface area (Å²) < 4.78 is 12.7. The second kappa shape index (κ2) is 10.4. The van der Waals surface area contributed by atoms with Gasteiger partial charge in [-0.1, -0.05) is 41.1 Å². The third-order valence-electron chi connectivity index (χ3n) is 5.21. The monoisotopic (exact) mass is 481 g/mol. The zero-order valence-electron chi connectivity index (χ0n) is 18.7. The quantitative estimate of drug-likeness (QED) is 0.474. The molecule has 1 atom stereocenters. The highest BCUT2D eigenvalue weighted by Crippen LogP contribution is 2.29. The van der Waals surface area contributed by atoms with E-state index >= 15 is 0 Å². The minimum atomic E-state index is -0.616. The van der Waals surface area contributed by atoms with Crippen LogP contribution in [0, 0.1) is 0 Å². The Labute approximate surface area is 201 Å². The Morgan fingerprint density at radius 1 is 1.15 bits per heavy atom. The van der Waals surface area contributed by atoms with Crippen molar-refractivity contribution in [2.75, 3.05) is 6.61 Å². The largest absolute Gasteiger partial charge is 0.487 e. The SMILES string of the molecule is CCOC(=O)C1=C(C)NC(=O)NC1c1ccc(OCc2cn(Cc3ccc(Cl)cc3)nn2)cc1. The Bertz CT molecular complexity index is 1200. The maximum absolute atomic E-state index is 12.4. The first kappa shape index (κ1) is 23.3. The zero-order chi connectivity index (χ0) is 24.1. The van der Waals surface area contributed by atoms with E-state index in [-0.39, 0.29) is 19.2 Å². The molecule has 0 saturated heterocycles. The molecule has 2 heterocycles. The van der Waals surface area contributed by atoms with Crippen LogP contribution in [0.4, 0.5) is 4.79 Å². The van der Waals surface area contributed by atoms with E-state index in [0.717, 1.165) is 11.1 Å². The van der Waals surface area contributed by atoms with E-state index in [1.165, 1.54) is 0 Å². The summed E-state index contributed by atoms with van der Waals surface area (Å²) in [5.41, 5.74) is 3.32. The van der Waals surface area contributed by atoms with E-state index in [1.807, 2.05) is 30.5 Å². The molecule has 0 fully saturated rings. The molecule has 34 heavy (non-hydrogen) atoms. The molecule has 0 saturated carbocycles. The van der Waals surface area contributed by atoms with Gasteiger partial charge >= 0.3 is 12.0 Å². The maximum atomic E-state index is 12.4. The van der Waals surface area contributed by atoms with Gasteiger partial charge in [-0.25, -0.2) is 14.3 Å². The second-order valence-corrected chi connectivity index (χ2v) is 8.12. The van der Waals surface area contributed by atoms with Crippen molar-refractivity contribution in [3.05, 3.63) is 87.8 Å². The number of carbonyl (C=O) groups is 2. The lowest BCUT2D eigenvalue weighted by atomic mass is 9.95. The average molecular weight is 482 g/mol. The molecule has 0 bridgehead atoms. The van der Waals surface area contributed by atoms with Gasteiger partial charge in [-0.3, -0.25) is 0 Å². The third kappa shape index (κ3) is 5.55. The van der Waals surface area contributed by atoms with Crippen LogP contribution < -0.4 is 15.4 Å². The van der Waals surface area contributed by atoms with Crippen molar-refractivity contribution in [1.29, 1.82) is 0 Å². The van der Waals surface area contributed by atoms with Gasteiger partial charge in [0.15, 0.2) is 0 Å². The fourth-order valence-corrected chi connectivity index (χ4v) is 3.72. The fraction of sp³-hybridized carbons (Fsp3) is 0.250. The first-order chi connectivity index (χ1) is 16.4. The van der Waals surface area contributed by atoms with Crippen molar-refractivity contribution in [3.8, 4) is 5.75 Å². The Kier molecular flexibility index (Phi) is 7.12. The average Bonchev–Trinajstić information content (AvgIpc) is 3.26. The maximum Gasteiger partial charge on any atom is 0.338 e. The molecule has 1 aromatic heterocycles. The number of ether oxygens (including phenoxy) is 2. The van der Waals surface area contributed by atoms with Crippen molar-refractivity contribution in [2.45, 2.75) is 33.0 Å². The number of esters is 1. The predicted octanol–water partition coefficient (Wildman–Crippen LogP) is 3.75. The number of urea groups is 1. The molecule has 4 rings (SSSR count). The summed E-state index contributed by atoms with van der Waals surface area (Å²) in [4.78, 5) is 24.4. The molecule has 2 amide bonds. The van der Waals surface area contributed by atoms with E-state index in [9.17, 15) is 9.59 Å². The zero-order valence-corrected chi connectivity index (χ0v) is 19.5. The van der Waals surface area contributed by atoms with E-state index in [2.05, 4.69) is 20.9 Å². The number of amides is 2. The lowest BCUT2D eigenvalue weighted by Crippen LogP contribution is -2.45. The van der Waals surface area contributed by atoms with Gasteiger partial charge in [0.25, 0.3) is 0 Å². The number of hydrogen-bond donors (Lipinski definition) is 2.